The predicted molar refractivity (Wildman–Crippen MR) is 35.7 cm³/mol. The van der Waals surface area contributed by atoms with E-state index in [0.29, 0.717) is 6.42 Å². The lowest BCUT2D eigenvalue weighted by molar-refractivity contribution is -0.116. The Morgan fingerprint density at radius 2 is 2.25 bits per heavy atom. The van der Waals surface area contributed by atoms with E-state index >= 15 is 0 Å². The normalized spacial score (nSPS) is 13.4. The molecule has 0 aliphatic carbocycles. The van der Waals surface area contributed by atoms with E-state index in [-0.39, 0.29) is 17.0 Å². The fourth-order valence-electron chi connectivity index (χ4n) is 0.311. The monoisotopic (exact) mass is 154 g/mol. The van der Waals surface area contributed by atoms with E-state index in [1.54, 1.807) is 0 Å². The zero-order valence-corrected chi connectivity index (χ0v) is 6.17. The molecule has 48 valence electrons. The molecule has 0 heterocycles. The molecule has 0 saturated carbocycles. The molecular weight excluding hydrogens is 147 g/mol. The minimum Gasteiger partial charge on any atom is -0.297 e. The van der Waals surface area contributed by atoms with Gasteiger partial charge in [-0.15, -0.1) is 23.2 Å². The molecule has 3 heteroatoms. The maximum atomic E-state index is 10.5. The summed E-state index contributed by atoms with van der Waals surface area (Å²) in [6, 6.07) is 0. The summed E-state index contributed by atoms with van der Waals surface area (Å²) in [5.74, 6) is -0.0574. The Kier molecular flexibility index (Phi) is 4.29. The summed E-state index contributed by atoms with van der Waals surface area (Å²) in [6.07, 6.45) is 0.660. The lowest BCUT2D eigenvalue weighted by Gasteiger charge is -1.98. The minimum atomic E-state index is -0.382. The van der Waals surface area contributed by atoms with Crippen molar-refractivity contribution in [3.8, 4) is 0 Å². The maximum Gasteiger partial charge on any atom is 0.165 e. The van der Waals surface area contributed by atoms with Gasteiger partial charge in [-0.2, -0.15) is 0 Å². The number of halogens is 2. The largest absolute Gasteiger partial charge is 0.297 e. The zero-order chi connectivity index (χ0) is 6.57. The standard InChI is InChI=1S/C5H8Cl2O/c1-2-4(7)5(8)3-6/h4H,2-3H2,1H3. The van der Waals surface area contributed by atoms with Gasteiger partial charge >= 0.3 is 0 Å². The number of carbonyl (C=O) groups excluding carboxylic acids is 1. The maximum absolute atomic E-state index is 10.5. The van der Waals surface area contributed by atoms with Gasteiger partial charge in [0.1, 0.15) is 0 Å². The summed E-state index contributed by atoms with van der Waals surface area (Å²) in [7, 11) is 0. The third-order valence-corrected chi connectivity index (χ3v) is 1.65. The highest BCUT2D eigenvalue weighted by atomic mass is 35.5. The van der Waals surface area contributed by atoms with E-state index in [0.717, 1.165) is 0 Å². The van der Waals surface area contributed by atoms with Crippen LogP contribution in [0.2, 0.25) is 0 Å². The number of hydrogen-bond acceptors (Lipinski definition) is 1. The van der Waals surface area contributed by atoms with Crippen molar-refractivity contribution in [1.82, 2.24) is 0 Å². The molecular formula is C5H8Cl2O. The first-order valence-corrected chi connectivity index (χ1v) is 3.42. The van der Waals surface area contributed by atoms with E-state index in [4.69, 9.17) is 23.2 Å². The van der Waals surface area contributed by atoms with Gasteiger partial charge in [0.25, 0.3) is 0 Å². The van der Waals surface area contributed by atoms with Crippen LogP contribution in [-0.4, -0.2) is 17.0 Å². The van der Waals surface area contributed by atoms with Gasteiger partial charge in [0, 0.05) is 0 Å². The molecule has 0 aliphatic heterocycles. The first-order chi connectivity index (χ1) is 3.72. The molecule has 0 fully saturated rings. The molecule has 0 amide bonds. The van der Waals surface area contributed by atoms with Gasteiger partial charge in [-0.25, -0.2) is 0 Å². The Balaban J connectivity index is 3.46. The number of Topliss-reactive ketones (excluding diaryl/α,β-unsaturated/α-hetero) is 1. The van der Waals surface area contributed by atoms with Gasteiger partial charge in [0.05, 0.1) is 11.3 Å². The van der Waals surface area contributed by atoms with E-state index in [1.807, 2.05) is 6.92 Å². The van der Waals surface area contributed by atoms with Crippen molar-refractivity contribution in [3.63, 3.8) is 0 Å². The molecule has 8 heavy (non-hydrogen) atoms. The average molecular weight is 155 g/mol. The molecule has 1 atom stereocenters. The van der Waals surface area contributed by atoms with Crippen LogP contribution in [0.4, 0.5) is 0 Å². The van der Waals surface area contributed by atoms with E-state index in [2.05, 4.69) is 0 Å². The van der Waals surface area contributed by atoms with Crippen LogP contribution >= 0.6 is 23.2 Å². The predicted octanol–water partition coefficient (Wildman–Crippen LogP) is 1.81. The van der Waals surface area contributed by atoms with Crippen LogP contribution in [0.1, 0.15) is 13.3 Å². The number of ketones is 1. The summed E-state index contributed by atoms with van der Waals surface area (Å²) in [5.41, 5.74) is 0. The third-order valence-electron chi connectivity index (χ3n) is 0.839. The minimum absolute atomic E-state index is 0.0298. The third kappa shape index (κ3) is 2.53. The first kappa shape index (κ1) is 8.25. The van der Waals surface area contributed by atoms with Crippen LogP contribution in [0, 0.1) is 0 Å². The van der Waals surface area contributed by atoms with Crippen LogP contribution in [0.15, 0.2) is 0 Å². The number of carbonyl (C=O) groups is 1. The summed E-state index contributed by atoms with van der Waals surface area (Å²) in [4.78, 5) is 10.5. The van der Waals surface area contributed by atoms with Crippen LogP contribution < -0.4 is 0 Å². The van der Waals surface area contributed by atoms with Crippen molar-refractivity contribution in [1.29, 1.82) is 0 Å². The molecule has 0 aliphatic rings. The molecule has 0 radical (unpaired) electrons. The van der Waals surface area contributed by atoms with Crippen LogP contribution in [0.5, 0.6) is 0 Å². The van der Waals surface area contributed by atoms with Crippen LogP contribution in [0.3, 0.4) is 0 Å². The number of rotatable bonds is 3. The first-order valence-electron chi connectivity index (χ1n) is 2.45. The SMILES string of the molecule is CCC(Cl)C(=O)CCl. The summed E-state index contributed by atoms with van der Waals surface area (Å²) < 4.78 is 0. The molecule has 0 saturated heterocycles. The molecule has 1 unspecified atom stereocenters. The van der Waals surface area contributed by atoms with E-state index in [1.165, 1.54) is 0 Å². The van der Waals surface area contributed by atoms with E-state index < -0.39 is 0 Å². The lowest BCUT2D eigenvalue weighted by atomic mass is 10.2. The van der Waals surface area contributed by atoms with Crippen molar-refractivity contribution < 1.29 is 4.79 Å². The Hall–Kier alpha value is 0.250. The molecule has 0 spiro atoms. The Labute approximate surface area is 59.0 Å². The average Bonchev–Trinajstić information content (AvgIpc) is 1.84. The van der Waals surface area contributed by atoms with Gasteiger partial charge in [-0.05, 0) is 6.42 Å². The van der Waals surface area contributed by atoms with Crippen molar-refractivity contribution in [2.24, 2.45) is 0 Å². The van der Waals surface area contributed by atoms with Crippen molar-refractivity contribution in [3.05, 3.63) is 0 Å². The molecule has 0 rings (SSSR count). The van der Waals surface area contributed by atoms with Crippen molar-refractivity contribution in [2.45, 2.75) is 18.7 Å². The van der Waals surface area contributed by atoms with E-state index in [9.17, 15) is 4.79 Å². The van der Waals surface area contributed by atoms with Crippen molar-refractivity contribution >= 4 is 29.0 Å². The second kappa shape index (κ2) is 4.16. The number of hydrogen-bond donors (Lipinski definition) is 0. The Bertz CT molecular complexity index is 82.5. The molecule has 0 N–H and O–H groups in total. The summed E-state index contributed by atoms with van der Waals surface area (Å²) >= 11 is 10.7. The molecule has 0 aromatic rings. The zero-order valence-electron chi connectivity index (χ0n) is 4.66. The Morgan fingerprint density at radius 3 is 2.38 bits per heavy atom. The van der Waals surface area contributed by atoms with Crippen molar-refractivity contribution in [2.75, 3.05) is 5.88 Å². The molecule has 0 bridgehead atoms. The van der Waals surface area contributed by atoms with Crippen LogP contribution in [0.25, 0.3) is 0 Å². The van der Waals surface area contributed by atoms with Gasteiger partial charge in [0.2, 0.25) is 0 Å². The summed E-state index contributed by atoms with van der Waals surface area (Å²) in [5, 5.41) is -0.382. The smallest absolute Gasteiger partial charge is 0.165 e. The highest BCUT2D eigenvalue weighted by molar-refractivity contribution is 6.38. The molecule has 0 aromatic carbocycles. The second-order valence-corrected chi connectivity index (χ2v) is 2.27. The highest BCUT2D eigenvalue weighted by Crippen LogP contribution is 2.02. The second-order valence-electron chi connectivity index (χ2n) is 1.48. The Morgan fingerprint density at radius 1 is 1.75 bits per heavy atom. The number of alkyl halides is 2. The van der Waals surface area contributed by atoms with Gasteiger partial charge in [-0.3, -0.25) is 4.79 Å². The summed E-state index contributed by atoms with van der Waals surface area (Å²) in [6.45, 7) is 1.85. The fourth-order valence-corrected chi connectivity index (χ4v) is 0.654. The molecule has 1 nitrogen and oxygen atoms in total. The highest BCUT2D eigenvalue weighted by Gasteiger charge is 2.09. The lowest BCUT2D eigenvalue weighted by Crippen LogP contribution is -2.13. The quantitative estimate of drug-likeness (QED) is 0.568. The fraction of sp³-hybridized carbons (Fsp3) is 0.800. The topological polar surface area (TPSA) is 17.1 Å². The van der Waals surface area contributed by atoms with Crippen LogP contribution in [-0.2, 0) is 4.79 Å². The van der Waals surface area contributed by atoms with Gasteiger partial charge in [-0.1, -0.05) is 6.92 Å². The molecule has 0 aromatic heterocycles. The van der Waals surface area contributed by atoms with Gasteiger partial charge in [0.15, 0.2) is 5.78 Å². The van der Waals surface area contributed by atoms with Gasteiger partial charge < -0.3 is 0 Å².